The first kappa shape index (κ1) is 20.2. The largest absolute Gasteiger partial charge is 0.466 e. The molecule has 0 bridgehead atoms. The van der Waals surface area contributed by atoms with Gasteiger partial charge in [-0.2, -0.15) is 0 Å². The van der Waals surface area contributed by atoms with Crippen molar-refractivity contribution in [3.63, 3.8) is 0 Å². The normalized spacial score (nSPS) is 13.0. The predicted molar refractivity (Wildman–Crippen MR) is 88.4 cm³/mol. The van der Waals surface area contributed by atoms with Gasteiger partial charge in [-0.1, -0.05) is 23.3 Å². The molecule has 0 aliphatic rings. The van der Waals surface area contributed by atoms with Gasteiger partial charge in [0.25, 0.3) is 0 Å². The number of ether oxygens (including phenoxy) is 2. The topological polar surface area (TPSA) is 52.6 Å². The minimum absolute atomic E-state index is 0.255. The molecule has 0 atom stereocenters. The molecule has 4 heteroatoms. The van der Waals surface area contributed by atoms with Gasteiger partial charge in [0, 0.05) is 12.5 Å². The lowest BCUT2D eigenvalue weighted by molar-refractivity contribution is -0.139. The molecule has 0 aromatic carbocycles. The zero-order valence-corrected chi connectivity index (χ0v) is 14.4. The summed E-state index contributed by atoms with van der Waals surface area (Å²) in [5.74, 6) is -0.523. The van der Waals surface area contributed by atoms with Crippen LogP contribution in [0.25, 0.3) is 0 Å². The highest BCUT2D eigenvalue weighted by atomic mass is 16.5. The van der Waals surface area contributed by atoms with E-state index in [1.165, 1.54) is 25.2 Å². The Morgan fingerprint density at radius 3 is 1.95 bits per heavy atom. The number of esters is 2. The molecule has 0 amide bonds. The molecule has 22 heavy (non-hydrogen) atoms. The van der Waals surface area contributed by atoms with Crippen molar-refractivity contribution < 1.29 is 19.1 Å². The first-order chi connectivity index (χ1) is 10.4. The lowest BCUT2D eigenvalue weighted by Crippen LogP contribution is -2.01. The second kappa shape index (κ2) is 11.8. The molecule has 0 aromatic rings. The van der Waals surface area contributed by atoms with Gasteiger partial charge in [-0.3, -0.25) is 4.79 Å². The van der Waals surface area contributed by atoms with Crippen LogP contribution in [0, 0.1) is 0 Å². The van der Waals surface area contributed by atoms with Crippen LogP contribution in [0.2, 0.25) is 0 Å². The Labute approximate surface area is 133 Å². The summed E-state index contributed by atoms with van der Waals surface area (Å²) in [5.41, 5.74) is 3.17. The Balaban J connectivity index is 4.03. The molecule has 0 N–H and O–H groups in total. The molecule has 0 spiro atoms. The number of carbonyl (C=O) groups excluding carboxylic acids is 2. The highest BCUT2D eigenvalue weighted by Crippen LogP contribution is 2.11. The summed E-state index contributed by atoms with van der Waals surface area (Å²) in [4.78, 5) is 21.9. The summed E-state index contributed by atoms with van der Waals surface area (Å²) >= 11 is 0. The van der Waals surface area contributed by atoms with Gasteiger partial charge in [-0.15, -0.1) is 0 Å². The van der Waals surface area contributed by atoms with Crippen LogP contribution >= 0.6 is 0 Å². The monoisotopic (exact) mass is 308 g/mol. The van der Waals surface area contributed by atoms with Crippen LogP contribution < -0.4 is 0 Å². The first-order valence-corrected chi connectivity index (χ1v) is 7.56. The number of hydrogen-bond acceptors (Lipinski definition) is 4. The van der Waals surface area contributed by atoms with E-state index >= 15 is 0 Å². The Morgan fingerprint density at radius 1 is 0.864 bits per heavy atom. The fourth-order valence-corrected chi connectivity index (χ4v) is 1.81. The van der Waals surface area contributed by atoms with Gasteiger partial charge in [0.15, 0.2) is 0 Å². The Kier molecular flexibility index (Phi) is 10.8. The third-order valence-electron chi connectivity index (χ3n) is 3.25. The quantitative estimate of drug-likeness (QED) is 0.365. The molecular formula is C18H28O4. The number of carbonyl (C=O) groups is 2. The minimum Gasteiger partial charge on any atom is -0.466 e. The molecule has 0 rings (SSSR count). The van der Waals surface area contributed by atoms with Gasteiger partial charge in [0.2, 0.25) is 0 Å². The number of methoxy groups -OCH3 is 1. The maximum atomic E-state index is 11.2. The molecule has 0 saturated carbocycles. The maximum Gasteiger partial charge on any atom is 0.333 e. The molecule has 0 saturated heterocycles. The zero-order chi connectivity index (χ0) is 17.0. The second-order valence-corrected chi connectivity index (χ2v) is 5.36. The lowest BCUT2D eigenvalue weighted by Gasteiger charge is -2.02. The average Bonchev–Trinajstić information content (AvgIpc) is 2.45. The van der Waals surface area contributed by atoms with Crippen molar-refractivity contribution >= 4 is 11.9 Å². The zero-order valence-electron chi connectivity index (χ0n) is 14.4. The molecule has 0 aliphatic carbocycles. The van der Waals surface area contributed by atoms with Crippen LogP contribution in [0.5, 0.6) is 0 Å². The first-order valence-electron chi connectivity index (χ1n) is 7.56. The van der Waals surface area contributed by atoms with Crippen molar-refractivity contribution in [1.29, 1.82) is 0 Å². The van der Waals surface area contributed by atoms with Gasteiger partial charge >= 0.3 is 11.9 Å². The fourth-order valence-electron chi connectivity index (χ4n) is 1.81. The van der Waals surface area contributed by atoms with E-state index in [-0.39, 0.29) is 11.9 Å². The summed E-state index contributed by atoms with van der Waals surface area (Å²) in [5, 5.41) is 0. The predicted octanol–water partition coefficient (Wildman–Crippen LogP) is 4.12. The molecule has 0 aromatic heterocycles. The third-order valence-corrected chi connectivity index (χ3v) is 3.25. The minimum atomic E-state index is -0.268. The number of hydrogen-bond donors (Lipinski definition) is 0. The van der Waals surface area contributed by atoms with E-state index < -0.39 is 0 Å². The van der Waals surface area contributed by atoms with E-state index in [0.717, 1.165) is 25.7 Å². The van der Waals surface area contributed by atoms with E-state index in [2.05, 4.69) is 17.7 Å². The van der Waals surface area contributed by atoms with E-state index in [1.54, 1.807) is 6.92 Å². The van der Waals surface area contributed by atoms with E-state index in [4.69, 9.17) is 4.74 Å². The molecule has 0 radical (unpaired) electrons. The SMILES string of the molecule is COC(=O)/C(C)=C/CC/C(C)=C/CC/C(C)=C/COC(C)=O. The molecular weight excluding hydrogens is 280 g/mol. The number of allylic oxidation sites excluding steroid dienone is 4. The lowest BCUT2D eigenvalue weighted by atomic mass is 10.1. The summed E-state index contributed by atoms with van der Waals surface area (Å²) in [7, 11) is 1.39. The van der Waals surface area contributed by atoms with Gasteiger partial charge in [0.05, 0.1) is 7.11 Å². The van der Waals surface area contributed by atoms with E-state index in [0.29, 0.717) is 12.2 Å². The van der Waals surface area contributed by atoms with Crippen molar-refractivity contribution in [3.05, 3.63) is 34.9 Å². The molecule has 124 valence electrons. The van der Waals surface area contributed by atoms with Gasteiger partial charge in [0.1, 0.15) is 6.61 Å². The smallest absolute Gasteiger partial charge is 0.333 e. The van der Waals surface area contributed by atoms with Crippen LogP contribution in [-0.2, 0) is 19.1 Å². The Hall–Kier alpha value is -1.84. The third kappa shape index (κ3) is 10.9. The van der Waals surface area contributed by atoms with Crippen molar-refractivity contribution in [3.8, 4) is 0 Å². The van der Waals surface area contributed by atoms with Gasteiger partial charge in [-0.05, 0) is 52.5 Å². The van der Waals surface area contributed by atoms with Crippen LogP contribution in [0.3, 0.4) is 0 Å². The molecule has 4 nitrogen and oxygen atoms in total. The average molecular weight is 308 g/mol. The standard InChI is InChI=1S/C18H28O4/c1-14(10-7-11-16(3)18(20)21-5)8-6-9-15(2)12-13-22-17(4)19/h8,11-12H,6-7,9-10,13H2,1-5H3/b14-8+,15-12+,16-11+. The van der Waals surface area contributed by atoms with E-state index in [1.807, 2.05) is 19.1 Å². The van der Waals surface area contributed by atoms with Crippen molar-refractivity contribution in [1.82, 2.24) is 0 Å². The van der Waals surface area contributed by atoms with Crippen molar-refractivity contribution in [2.45, 2.75) is 53.4 Å². The van der Waals surface area contributed by atoms with Crippen LogP contribution in [0.1, 0.15) is 53.4 Å². The van der Waals surface area contributed by atoms with Crippen molar-refractivity contribution in [2.24, 2.45) is 0 Å². The second-order valence-electron chi connectivity index (χ2n) is 5.36. The number of rotatable bonds is 9. The highest BCUT2D eigenvalue weighted by molar-refractivity contribution is 5.87. The van der Waals surface area contributed by atoms with Gasteiger partial charge in [-0.25, -0.2) is 4.79 Å². The molecule has 0 heterocycles. The molecule has 0 aliphatic heterocycles. The summed E-state index contributed by atoms with van der Waals surface area (Å²) < 4.78 is 9.52. The Morgan fingerprint density at radius 2 is 1.41 bits per heavy atom. The maximum absolute atomic E-state index is 11.2. The van der Waals surface area contributed by atoms with Gasteiger partial charge < -0.3 is 9.47 Å². The Bertz CT molecular complexity index is 456. The summed E-state index contributed by atoms with van der Waals surface area (Å²) in [6, 6.07) is 0. The fraction of sp³-hybridized carbons (Fsp3) is 0.556. The summed E-state index contributed by atoms with van der Waals surface area (Å²) in [6.07, 6.45) is 9.75. The van der Waals surface area contributed by atoms with Crippen LogP contribution in [-0.4, -0.2) is 25.7 Å². The van der Waals surface area contributed by atoms with Crippen LogP contribution in [0.15, 0.2) is 34.9 Å². The van der Waals surface area contributed by atoms with Crippen molar-refractivity contribution in [2.75, 3.05) is 13.7 Å². The van der Waals surface area contributed by atoms with E-state index in [9.17, 15) is 9.59 Å². The summed E-state index contributed by atoms with van der Waals surface area (Å²) in [6.45, 7) is 7.66. The van der Waals surface area contributed by atoms with Crippen LogP contribution in [0.4, 0.5) is 0 Å². The molecule has 0 fully saturated rings. The highest BCUT2D eigenvalue weighted by Gasteiger charge is 2.01. The molecule has 0 unspecified atom stereocenters.